The molecule has 0 amide bonds. The lowest BCUT2D eigenvalue weighted by atomic mass is 10.3. The molecule has 2 nitrogen and oxygen atoms in total. The Kier molecular flexibility index (Phi) is 6.44. The van der Waals surface area contributed by atoms with Crippen molar-refractivity contribution in [1.82, 2.24) is 0 Å². The second-order valence-corrected chi connectivity index (χ2v) is 5.98. The van der Waals surface area contributed by atoms with Gasteiger partial charge in [-0.25, -0.2) is 0 Å². The van der Waals surface area contributed by atoms with E-state index >= 15 is 0 Å². The van der Waals surface area contributed by atoms with Crippen LogP contribution in [-0.4, -0.2) is 6.21 Å². The first-order chi connectivity index (χ1) is 10.2. The number of anilines is 1. The summed E-state index contributed by atoms with van der Waals surface area (Å²) in [7, 11) is 0. The smallest absolute Gasteiger partial charge is 0.0630 e. The fraction of sp³-hybridized carbons (Fsp3) is 0. The van der Waals surface area contributed by atoms with Crippen LogP contribution < -0.4 is 5.32 Å². The molecule has 0 heterocycles. The fourth-order valence-corrected chi connectivity index (χ4v) is 2.04. The molecule has 0 bridgehead atoms. The molecule has 106 valence electrons. The van der Waals surface area contributed by atoms with Gasteiger partial charge in [-0.1, -0.05) is 37.9 Å². The monoisotopic (exact) mass is 404 g/mol. The predicted molar refractivity (Wildman–Crippen MR) is 98.3 cm³/mol. The van der Waals surface area contributed by atoms with Crippen LogP contribution in [-0.2, 0) is 0 Å². The standard InChI is InChI=1S/C17H14Br2N2/c18-14-4-8-16(9-5-14)20-12-2-1-3-13-21-17-10-6-15(19)7-11-17/h1-13,20H. The van der Waals surface area contributed by atoms with Crippen molar-refractivity contribution in [2.24, 2.45) is 4.99 Å². The van der Waals surface area contributed by atoms with Crippen molar-refractivity contribution in [3.63, 3.8) is 0 Å². The van der Waals surface area contributed by atoms with Crippen LogP contribution in [0, 0.1) is 0 Å². The van der Waals surface area contributed by atoms with E-state index in [1.165, 1.54) is 0 Å². The number of nitrogens with one attached hydrogen (secondary N) is 1. The number of nitrogens with zero attached hydrogens (tertiary/aromatic N) is 1. The predicted octanol–water partition coefficient (Wildman–Crippen LogP) is 6.10. The summed E-state index contributed by atoms with van der Waals surface area (Å²) in [6.45, 7) is 0. The Balaban J connectivity index is 1.78. The minimum atomic E-state index is 0.930. The van der Waals surface area contributed by atoms with Crippen LogP contribution in [0.3, 0.4) is 0 Å². The summed E-state index contributed by atoms with van der Waals surface area (Å²) in [5, 5.41) is 3.18. The van der Waals surface area contributed by atoms with Gasteiger partial charge >= 0.3 is 0 Å². The highest BCUT2D eigenvalue weighted by molar-refractivity contribution is 9.10. The Hall–Kier alpha value is -1.65. The summed E-state index contributed by atoms with van der Waals surface area (Å²) >= 11 is 6.80. The molecule has 0 aliphatic carbocycles. The van der Waals surface area contributed by atoms with Gasteiger partial charge in [-0.05, 0) is 60.7 Å². The molecule has 0 aromatic heterocycles. The van der Waals surface area contributed by atoms with E-state index in [2.05, 4.69) is 42.2 Å². The number of hydrogen-bond donors (Lipinski definition) is 1. The molecule has 0 aliphatic rings. The first-order valence-corrected chi connectivity index (χ1v) is 7.96. The third kappa shape index (κ3) is 6.10. The van der Waals surface area contributed by atoms with E-state index in [1.54, 1.807) is 6.21 Å². The number of hydrogen-bond acceptors (Lipinski definition) is 2. The van der Waals surface area contributed by atoms with Gasteiger partial charge in [0.05, 0.1) is 5.69 Å². The van der Waals surface area contributed by atoms with E-state index in [-0.39, 0.29) is 0 Å². The first kappa shape index (κ1) is 15.7. The molecule has 0 radical (unpaired) electrons. The molecule has 2 aromatic carbocycles. The number of rotatable bonds is 5. The van der Waals surface area contributed by atoms with Gasteiger partial charge in [0.1, 0.15) is 0 Å². The average Bonchev–Trinajstić information content (AvgIpc) is 2.50. The second kappa shape index (κ2) is 8.60. The molecule has 0 atom stereocenters. The van der Waals surface area contributed by atoms with E-state index in [1.807, 2.05) is 73.0 Å². The SMILES string of the molecule is Brc1ccc(N=CC=CC=CNc2ccc(Br)cc2)cc1. The van der Waals surface area contributed by atoms with Crippen molar-refractivity contribution in [1.29, 1.82) is 0 Å². The molecule has 0 unspecified atom stereocenters. The van der Waals surface area contributed by atoms with Gasteiger partial charge in [0, 0.05) is 27.0 Å². The van der Waals surface area contributed by atoms with Crippen LogP contribution in [0.2, 0.25) is 0 Å². The van der Waals surface area contributed by atoms with Crippen molar-refractivity contribution >= 4 is 49.4 Å². The highest BCUT2D eigenvalue weighted by atomic mass is 79.9. The number of benzene rings is 2. The van der Waals surface area contributed by atoms with Crippen molar-refractivity contribution < 1.29 is 0 Å². The molecule has 0 aliphatic heterocycles. The molecular formula is C17H14Br2N2. The molecule has 0 spiro atoms. The van der Waals surface area contributed by atoms with Gasteiger partial charge in [0.25, 0.3) is 0 Å². The van der Waals surface area contributed by atoms with E-state index in [0.717, 1.165) is 20.3 Å². The highest BCUT2D eigenvalue weighted by Crippen LogP contribution is 2.16. The fourth-order valence-electron chi connectivity index (χ4n) is 1.52. The Morgan fingerprint density at radius 1 is 0.762 bits per heavy atom. The molecule has 4 heteroatoms. The van der Waals surface area contributed by atoms with Crippen LogP contribution in [0.1, 0.15) is 0 Å². The molecule has 0 saturated carbocycles. The van der Waals surface area contributed by atoms with E-state index in [0.29, 0.717) is 0 Å². The zero-order chi connectivity index (χ0) is 14.9. The molecule has 21 heavy (non-hydrogen) atoms. The van der Waals surface area contributed by atoms with Gasteiger partial charge in [-0.2, -0.15) is 0 Å². The molecule has 2 rings (SSSR count). The summed E-state index contributed by atoms with van der Waals surface area (Å²) in [5.74, 6) is 0. The number of aliphatic imine (C=N–C) groups is 1. The van der Waals surface area contributed by atoms with E-state index in [9.17, 15) is 0 Å². The maximum Gasteiger partial charge on any atom is 0.0630 e. The van der Waals surface area contributed by atoms with Gasteiger partial charge < -0.3 is 5.32 Å². The third-order valence-electron chi connectivity index (χ3n) is 2.55. The Labute approximate surface area is 141 Å². The Morgan fingerprint density at radius 2 is 1.38 bits per heavy atom. The van der Waals surface area contributed by atoms with Crippen LogP contribution in [0.5, 0.6) is 0 Å². The summed E-state index contributed by atoms with van der Waals surface area (Å²) in [5.41, 5.74) is 1.98. The third-order valence-corrected chi connectivity index (χ3v) is 3.61. The largest absolute Gasteiger partial charge is 0.362 e. The second-order valence-electron chi connectivity index (χ2n) is 4.15. The molecule has 0 fully saturated rings. The van der Waals surface area contributed by atoms with Crippen LogP contribution in [0.25, 0.3) is 0 Å². The summed E-state index contributed by atoms with van der Waals surface area (Å²) < 4.78 is 2.13. The quantitative estimate of drug-likeness (QED) is 0.471. The van der Waals surface area contributed by atoms with E-state index in [4.69, 9.17) is 0 Å². The summed E-state index contributed by atoms with van der Waals surface area (Å²) in [6.07, 6.45) is 9.39. The zero-order valence-electron chi connectivity index (χ0n) is 11.2. The first-order valence-electron chi connectivity index (χ1n) is 6.37. The highest BCUT2D eigenvalue weighted by Gasteiger charge is 1.87. The van der Waals surface area contributed by atoms with Gasteiger partial charge in [-0.15, -0.1) is 0 Å². The zero-order valence-corrected chi connectivity index (χ0v) is 14.4. The minimum Gasteiger partial charge on any atom is -0.362 e. The maximum atomic E-state index is 4.32. The van der Waals surface area contributed by atoms with Crippen LogP contribution >= 0.6 is 31.9 Å². The van der Waals surface area contributed by atoms with Crippen molar-refractivity contribution in [2.75, 3.05) is 5.32 Å². The van der Waals surface area contributed by atoms with Crippen LogP contribution in [0.15, 0.2) is 86.9 Å². The topological polar surface area (TPSA) is 24.4 Å². The van der Waals surface area contributed by atoms with Crippen molar-refractivity contribution in [3.05, 3.63) is 81.9 Å². The normalized spacial score (nSPS) is 11.7. The number of halogens is 2. The average molecular weight is 406 g/mol. The minimum absolute atomic E-state index is 0.930. The van der Waals surface area contributed by atoms with Crippen molar-refractivity contribution in [3.8, 4) is 0 Å². The Morgan fingerprint density at radius 3 is 2.05 bits per heavy atom. The molecule has 1 N–H and O–H groups in total. The maximum absolute atomic E-state index is 4.32. The molecular weight excluding hydrogens is 392 g/mol. The van der Waals surface area contributed by atoms with Gasteiger partial charge in [-0.3, -0.25) is 4.99 Å². The number of allylic oxidation sites excluding steroid dienone is 3. The lowest BCUT2D eigenvalue weighted by Gasteiger charge is -1.98. The van der Waals surface area contributed by atoms with Gasteiger partial charge in [0.2, 0.25) is 0 Å². The van der Waals surface area contributed by atoms with Crippen molar-refractivity contribution in [2.45, 2.75) is 0 Å². The molecule has 2 aromatic rings. The van der Waals surface area contributed by atoms with Crippen LogP contribution in [0.4, 0.5) is 11.4 Å². The molecule has 0 saturated heterocycles. The van der Waals surface area contributed by atoms with E-state index < -0.39 is 0 Å². The lowest BCUT2D eigenvalue weighted by Crippen LogP contribution is -1.85. The summed E-state index contributed by atoms with van der Waals surface area (Å²) in [4.78, 5) is 4.32. The summed E-state index contributed by atoms with van der Waals surface area (Å²) in [6, 6.07) is 15.9. The Bertz CT molecular complexity index is 641. The lowest BCUT2D eigenvalue weighted by molar-refractivity contribution is 1.52. The van der Waals surface area contributed by atoms with Gasteiger partial charge in [0.15, 0.2) is 0 Å².